The van der Waals surface area contributed by atoms with Crippen LogP contribution in [0.3, 0.4) is 0 Å². The van der Waals surface area contributed by atoms with Gasteiger partial charge in [0.2, 0.25) is 10.0 Å². The fourth-order valence-electron chi connectivity index (χ4n) is 2.22. The normalized spacial score (nSPS) is 17.2. The second-order valence-corrected chi connectivity index (χ2v) is 7.35. The molecule has 1 fully saturated rings. The number of aromatic nitrogens is 1. The molecule has 0 amide bonds. The third kappa shape index (κ3) is 2.80. The van der Waals surface area contributed by atoms with Crippen molar-refractivity contribution in [1.82, 2.24) is 9.71 Å². The molecule has 106 valence electrons. The monoisotopic (exact) mass is 310 g/mol. The van der Waals surface area contributed by atoms with Crippen LogP contribution in [-0.2, 0) is 10.0 Å². The molecule has 1 saturated carbocycles. The average molecular weight is 311 g/mol. The van der Waals surface area contributed by atoms with E-state index in [0.29, 0.717) is 11.3 Å². The van der Waals surface area contributed by atoms with Gasteiger partial charge in [-0.1, -0.05) is 12.1 Å². The predicted molar refractivity (Wildman–Crippen MR) is 79.3 cm³/mol. The Bertz CT molecular complexity index is 724. The van der Waals surface area contributed by atoms with Gasteiger partial charge < -0.3 is 0 Å². The summed E-state index contributed by atoms with van der Waals surface area (Å²) in [5.74, 6) is 0.455. The van der Waals surface area contributed by atoms with Crippen molar-refractivity contribution in [1.29, 1.82) is 0 Å². The summed E-state index contributed by atoms with van der Waals surface area (Å²) in [5, 5.41) is 1.36. The van der Waals surface area contributed by atoms with E-state index in [1.54, 1.807) is 30.6 Å². The highest BCUT2D eigenvalue weighted by atomic mass is 35.5. The first-order valence-electron chi connectivity index (χ1n) is 6.54. The fraction of sp³-hybridized carbons (Fsp3) is 0.357. The number of fused-ring (bicyclic) bond motifs is 1. The van der Waals surface area contributed by atoms with Crippen molar-refractivity contribution in [3.8, 4) is 0 Å². The van der Waals surface area contributed by atoms with Gasteiger partial charge in [0.05, 0.1) is 4.90 Å². The Morgan fingerprint density at radius 1 is 1.35 bits per heavy atom. The molecule has 20 heavy (non-hydrogen) atoms. The van der Waals surface area contributed by atoms with Gasteiger partial charge in [0.25, 0.3) is 0 Å². The van der Waals surface area contributed by atoms with Crippen LogP contribution in [0, 0.1) is 5.92 Å². The van der Waals surface area contributed by atoms with Crippen LogP contribution in [0.4, 0.5) is 0 Å². The van der Waals surface area contributed by atoms with Crippen molar-refractivity contribution in [3.05, 3.63) is 36.7 Å². The van der Waals surface area contributed by atoms with Crippen molar-refractivity contribution in [2.24, 2.45) is 5.92 Å². The quantitative estimate of drug-likeness (QED) is 0.863. The molecule has 1 atom stereocenters. The highest BCUT2D eigenvalue weighted by molar-refractivity contribution is 7.89. The molecule has 4 nitrogen and oxygen atoms in total. The molecule has 1 aliphatic carbocycles. The summed E-state index contributed by atoms with van der Waals surface area (Å²) in [6.07, 6.45) is 5.43. The van der Waals surface area contributed by atoms with Gasteiger partial charge in [0.1, 0.15) is 0 Å². The van der Waals surface area contributed by atoms with Crippen LogP contribution >= 0.6 is 11.6 Å². The van der Waals surface area contributed by atoms with Crippen LogP contribution in [0.15, 0.2) is 41.6 Å². The Hall–Kier alpha value is -1.17. The summed E-state index contributed by atoms with van der Waals surface area (Å²) in [7, 11) is -3.55. The topological polar surface area (TPSA) is 59.1 Å². The molecule has 1 unspecified atom stereocenters. The number of hydrogen-bond donors (Lipinski definition) is 1. The van der Waals surface area contributed by atoms with Gasteiger partial charge in [-0.3, -0.25) is 4.98 Å². The standard InChI is InChI=1S/C14H15ClN2O2S/c15-13(10-4-5-10)9-17-20(18,19)14-3-1-2-11-8-16-7-6-12(11)14/h1-3,6-8,10,13,17H,4-5,9H2. The number of benzene rings is 1. The van der Waals surface area contributed by atoms with Gasteiger partial charge in [-0.15, -0.1) is 11.6 Å². The largest absolute Gasteiger partial charge is 0.264 e. The minimum Gasteiger partial charge on any atom is -0.264 e. The number of pyridine rings is 1. The highest BCUT2D eigenvalue weighted by Crippen LogP contribution is 2.35. The number of alkyl halides is 1. The van der Waals surface area contributed by atoms with E-state index in [4.69, 9.17) is 11.6 Å². The number of halogens is 1. The Balaban J connectivity index is 1.88. The molecule has 1 aromatic carbocycles. The first-order chi connectivity index (χ1) is 9.58. The van der Waals surface area contributed by atoms with Gasteiger partial charge in [-0.05, 0) is 30.9 Å². The van der Waals surface area contributed by atoms with E-state index in [1.807, 2.05) is 6.07 Å². The van der Waals surface area contributed by atoms with Gasteiger partial charge in [0, 0.05) is 35.1 Å². The number of rotatable bonds is 5. The zero-order valence-electron chi connectivity index (χ0n) is 10.8. The molecule has 0 spiro atoms. The highest BCUT2D eigenvalue weighted by Gasteiger charge is 2.30. The average Bonchev–Trinajstić information content (AvgIpc) is 3.29. The lowest BCUT2D eigenvalue weighted by Crippen LogP contribution is -2.30. The lowest BCUT2D eigenvalue weighted by atomic mass is 10.2. The molecule has 0 aliphatic heterocycles. The second kappa shape index (κ2) is 5.31. The molecule has 0 saturated heterocycles. The predicted octanol–water partition coefficient (Wildman–Crippen LogP) is 2.53. The van der Waals surface area contributed by atoms with Crippen LogP contribution < -0.4 is 4.72 Å². The van der Waals surface area contributed by atoms with Crippen LogP contribution in [0.1, 0.15) is 12.8 Å². The third-order valence-electron chi connectivity index (χ3n) is 3.53. The number of sulfonamides is 1. The minimum absolute atomic E-state index is 0.124. The van der Waals surface area contributed by atoms with E-state index in [1.165, 1.54) is 0 Å². The molecule has 1 N–H and O–H groups in total. The maximum absolute atomic E-state index is 12.4. The van der Waals surface area contributed by atoms with E-state index < -0.39 is 10.0 Å². The molecule has 1 heterocycles. The van der Waals surface area contributed by atoms with E-state index in [0.717, 1.165) is 18.2 Å². The van der Waals surface area contributed by atoms with Crippen LogP contribution in [0.2, 0.25) is 0 Å². The first kappa shape index (κ1) is 13.8. The van der Waals surface area contributed by atoms with Gasteiger partial charge in [-0.25, -0.2) is 13.1 Å². The smallest absolute Gasteiger partial charge is 0.241 e. The van der Waals surface area contributed by atoms with E-state index in [2.05, 4.69) is 9.71 Å². The summed E-state index contributed by atoms with van der Waals surface area (Å²) in [6, 6.07) is 6.88. The molecular weight excluding hydrogens is 296 g/mol. The first-order valence-corrected chi connectivity index (χ1v) is 8.46. The van der Waals surface area contributed by atoms with Crippen LogP contribution in [0.25, 0.3) is 10.8 Å². The number of nitrogens with zero attached hydrogens (tertiary/aromatic N) is 1. The summed E-state index contributed by atoms with van der Waals surface area (Å²) < 4.78 is 27.4. The van der Waals surface area contributed by atoms with Crippen molar-refractivity contribution >= 4 is 32.4 Å². The number of nitrogens with one attached hydrogen (secondary N) is 1. The zero-order valence-corrected chi connectivity index (χ0v) is 12.4. The van der Waals surface area contributed by atoms with Crippen molar-refractivity contribution in [2.45, 2.75) is 23.1 Å². The Labute approximate surface area is 123 Å². The lowest BCUT2D eigenvalue weighted by Gasteiger charge is -2.12. The maximum Gasteiger partial charge on any atom is 0.241 e. The summed E-state index contributed by atoms with van der Waals surface area (Å²) >= 11 is 6.15. The van der Waals surface area contributed by atoms with Crippen molar-refractivity contribution in [3.63, 3.8) is 0 Å². The number of hydrogen-bond acceptors (Lipinski definition) is 3. The molecular formula is C14H15ClN2O2S. The van der Waals surface area contributed by atoms with Gasteiger partial charge in [-0.2, -0.15) is 0 Å². The van der Waals surface area contributed by atoms with Gasteiger partial charge >= 0.3 is 0 Å². The van der Waals surface area contributed by atoms with Crippen molar-refractivity contribution < 1.29 is 8.42 Å². The maximum atomic E-state index is 12.4. The van der Waals surface area contributed by atoms with E-state index in [9.17, 15) is 8.42 Å². The minimum atomic E-state index is -3.55. The molecule has 6 heteroatoms. The fourth-order valence-corrected chi connectivity index (χ4v) is 3.93. The van der Waals surface area contributed by atoms with E-state index in [-0.39, 0.29) is 16.8 Å². The third-order valence-corrected chi connectivity index (χ3v) is 5.52. The Kier molecular flexibility index (Phi) is 3.67. The molecule has 0 bridgehead atoms. The van der Waals surface area contributed by atoms with E-state index >= 15 is 0 Å². The molecule has 0 radical (unpaired) electrons. The second-order valence-electron chi connectivity index (χ2n) is 5.06. The van der Waals surface area contributed by atoms with Gasteiger partial charge in [0.15, 0.2) is 0 Å². The SMILES string of the molecule is O=S(=O)(NCC(Cl)C1CC1)c1cccc2cnccc12. The molecule has 3 rings (SSSR count). The molecule has 1 aromatic heterocycles. The summed E-state index contributed by atoms with van der Waals surface area (Å²) in [6.45, 7) is 0.274. The zero-order chi connectivity index (χ0) is 14.2. The summed E-state index contributed by atoms with van der Waals surface area (Å²) in [4.78, 5) is 4.28. The Morgan fingerprint density at radius 2 is 2.15 bits per heavy atom. The Morgan fingerprint density at radius 3 is 2.90 bits per heavy atom. The van der Waals surface area contributed by atoms with Crippen LogP contribution in [0.5, 0.6) is 0 Å². The lowest BCUT2D eigenvalue weighted by molar-refractivity contribution is 0.577. The van der Waals surface area contributed by atoms with Crippen LogP contribution in [-0.4, -0.2) is 25.3 Å². The molecule has 2 aromatic rings. The summed E-state index contributed by atoms with van der Waals surface area (Å²) in [5.41, 5.74) is 0. The van der Waals surface area contributed by atoms with Crippen molar-refractivity contribution in [2.75, 3.05) is 6.54 Å². The molecule has 1 aliphatic rings.